The van der Waals surface area contributed by atoms with Gasteiger partial charge in [0.15, 0.2) is 11.5 Å². The van der Waals surface area contributed by atoms with Crippen molar-refractivity contribution in [3.63, 3.8) is 0 Å². The number of imide groups is 1. The molecule has 0 unspecified atom stereocenters. The lowest BCUT2D eigenvalue weighted by molar-refractivity contribution is -0.119. The van der Waals surface area contributed by atoms with E-state index in [1.165, 1.54) is 18.8 Å². The first-order chi connectivity index (χ1) is 12.7. The molecule has 3 rings (SSSR count). The molecule has 1 heterocycles. The molecule has 0 fully saturated rings. The third-order valence-corrected chi connectivity index (χ3v) is 5.03. The van der Waals surface area contributed by atoms with Crippen molar-refractivity contribution < 1.29 is 19.1 Å². The largest absolute Gasteiger partial charge is 0.490 e. The van der Waals surface area contributed by atoms with E-state index in [9.17, 15) is 9.59 Å². The molecule has 0 aliphatic carbocycles. The highest BCUT2D eigenvalue weighted by Crippen LogP contribution is 2.40. The van der Waals surface area contributed by atoms with Gasteiger partial charge in [-0.25, -0.2) is 4.79 Å². The Labute approximate surface area is 156 Å². The zero-order valence-electron chi connectivity index (χ0n) is 14.4. The van der Waals surface area contributed by atoms with Crippen LogP contribution in [0.3, 0.4) is 0 Å². The Hall–Kier alpha value is -2.67. The van der Waals surface area contributed by atoms with Crippen molar-refractivity contribution in [2.45, 2.75) is 16.6 Å². The SMILES string of the molecule is CNC(=O)NC(=O)[C@@H](Sc1ccc2c(c1)OCCCO2)c1ccccc1. The van der Waals surface area contributed by atoms with Gasteiger partial charge in [-0.05, 0) is 23.8 Å². The number of nitrogens with one attached hydrogen (secondary N) is 2. The van der Waals surface area contributed by atoms with Crippen LogP contribution in [0, 0.1) is 0 Å². The quantitative estimate of drug-likeness (QED) is 0.807. The van der Waals surface area contributed by atoms with Crippen molar-refractivity contribution in [1.82, 2.24) is 10.6 Å². The van der Waals surface area contributed by atoms with Gasteiger partial charge in [-0.2, -0.15) is 0 Å². The molecule has 2 aromatic carbocycles. The summed E-state index contributed by atoms with van der Waals surface area (Å²) >= 11 is 1.35. The van der Waals surface area contributed by atoms with Crippen LogP contribution in [0.1, 0.15) is 17.2 Å². The molecule has 0 spiro atoms. The summed E-state index contributed by atoms with van der Waals surface area (Å²) in [7, 11) is 1.47. The maximum Gasteiger partial charge on any atom is 0.321 e. The number of urea groups is 1. The van der Waals surface area contributed by atoms with Gasteiger partial charge >= 0.3 is 6.03 Å². The van der Waals surface area contributed by atoms with E-state index < -0.39 is 11.3 Å². The zero-order chi connectivity index (χ0) is 18.4. The number of carbonyl (C=O) groups is 2. The average molecular weight is 372 g/mol. The fourth-order valence-electron chi connectivity index (χ4n) is 2.49. The highest BCUT2D eigenvalue weighted by atomic mass is 32.2. The first kappa shape index (κ1) is 18.1. The standard InChI is InChI=1S/C19H20N2O4S/c1-20-19(23)21-18(22)17(13-6-3-2-4-7-13)26-14-8-9-15-16(12-14)25-11-5-10-24-15/h2-4,6-9,12,17H,5,10-11H2,1H3,(H2,20,21,22,23)/t17-/m0/s1. The molecule has 3 amide bonds. The zero-order valence-corrected chi connectivity index (χ0v) is 15.2. The van der Waals surface area contributed by atoms with E-state index in [1.807, 2.05) is 48.5 Å². The molecular formula is C19H20N2O4S. The minimum Gasteiger partial charge on any atom is -0.490 e. The highest BCUT2D eigenvalue weighted by molar-refractivity contribution is 8.00. The fraction of sp³-hybridized carbons (Fsp3) is 0.263. The number of hydrogen-bond donors (Lipinski definition) is 2. The Morgan fingerprint density at radius 2 is 1.77 bits per heavy atom. The molecule has 0 saturated heterocycles. The first-order valence-electron chi connectivity index (χ1n) is 8.31. The molecular weight excluding hydrogens is 352 g/mol. The van der Waals surface area contributed by atoms with Gasteiger partial charge in [0.1, 0.15) is 5.25 Å². The average Bonchev–Trinajstić information content (AvgIpc) is 2.91. The lowest BCUT2D eigenvalue weighted by atomic mass is 10.1. The molecule has 0 saturated carbocycles. The summed E-state index contributed by atoms with van der Waals surface area (Å²) < 4.78 is 11.4. The molecule has 0 bridgehead atoms. The van der Waals surface area contributed by atoms with Gasteiger partial charge in [-0.15, -0.1) is 11.8 Å². The Bertz CT molecular complexity index is 782. The van der Waals surface area contributed by atoms with E-state index in [1.54, 1.807) is 0 Å². The Morgan fingerprint density at radius 1 is 1.04 bits per heavy atom. The van der Waals surface area contributed by atoms with Crippen molar-refractivity contribution in [3.8, 4) is 11.5 Å². The number of rotatable bonds is 4. The number of fused-ring (bicyclic) bond motifs is 1. The lowest BCUT2D eigenvalue weighted by Crippen LogP contribution is -2.39. The maximum atomic E-state index is 12.6. The Morgan fingerprint density at radius 3 is 2.50 bits per heavy atom. The van der Waals surface area contributed by atoms with Crippen molar-refractivity contribution in [2.75, 3.05) is 20.3 Å². The van der Waals surface area contributed by atoms with Crippen LogP contribution < -0.4 is 20.1 Å². The minimum absolute atomic E-state index is 0.382. The van der Waals surface area contributed by atoms with Gasteiger partial charge in [0, 0.05) is 18.4 Å². The second-order valence-electron chi connectivity index (χ2n) is 5.64. The summed E-state index contributed by atoms with van der Waals surface area (Å²) in [5.41, 5.74) is 0.811. The van der Waals surface area contributed by atoms with Crippen molar-refractivity contribution in [2.24, 2.45) is 0 Å². The summed E-state index contributed by atoms with van der Waals surface area (Å²) in [6, 6.07) is 14.4. The predicted octanol–water partition coefficient (Wildman–Crippen LogP) is 3.14. The summed E-state index contributed by atoms with van der Waals surface area (Å²) in [6.07, 6.45) is 0.832. The van der Waals surface area contributed by atoms with Crippen LogP contribution in [0.25, 0.3) is 0 Å². The molecule has 7 heteroatoms. The lowest BCUT2D eigenvalue weighted by Gasteiger charge is -2.17. The van der Waals surface area contributed by atoms with Gasteiger partial charge in [0.25, 0.3) is 0 Å². The predicted molar refractivity (Wildman–Crippen MR) is 99.7 cm³/mol. The van der Waals surface area contributed by atoms with Gasteiger partial charge in [-0.1, -0.05) is 30.3 Å². The van der Waals surface area contributed by atoms with Gasteiger partial charge in [-0.3, -0.25) is 10.1 Å². The number of amides is 3. The second-order valence-corrected chi connectivity index (χ2v) is 6.81. The molecule has 1 aliphatic rings. The summed E-state index contributed by atoms with van der Waals surface area (Å²) in [4.78, 5) is 25.0. The van der Waals surface area contributed by atoms with E-state index in [4.69, 9.17) is 9.47 Å². The normalized spacial score (nSPS) is 14.0. The number of hydrogen-bond acceptors (Lipinski definition) is 5. The Balaban J connectivity index is 1.84. The first-order valence-corrected chi connectivity index (χ1v) is 9.19. The van der Waals surface area contributed by atoms with E-state index in [2.05, 4.69) is 10.6 Å². The van der Waals surface area contributed by atoms with Crippen molar-refractivity contribution >= 4 is 23.7 Å². The van der Waals surface area contributed by atoms with Gasteiger partial charge in [0.2, 0.25) is 5.91 Å². The molecule has 0 radical (unpaired) electrons. The molecule has 1 aliphatic heterocycles. The summed E-state index contributed by atoms with van der Waals surface area (Å²) in [5.74, 6) is 0.997. The minimum atomic E-state index is -0.571. The summed E-state index contributed by atoms with van der Waals surface area (Å²) in [5, 5.41) is 4.18. The fourth-order valence-corrected chi connectivity index (χ4v) is 3.55. The van der Waals surface area contributed by atoms with Crippen LogP contribution in [0.4, 0.5) is 4.79 Å². The summed E-state index contributed by atoms with van der Waals surface area (Å²) in [6.45, 7) is 1.22. The molecule has 26 heavy (non-hydrogen) atoms. The van der Waals surface area contributed by atoms with Crippen LogP contribution in [0.5, 0.6) is 11.5 Å². The molecule has 2 aromatic rings. The van der Waals surface area contributed by atoms with Crippen LogP contribution in [0.2, 0.25) is 0 Å². The molecule has 6 nitrogen and oxygen atoms in total. The Kier molecular flexibility index (Phi) is 6.01. The molecule has 1 atom stereocenters. The number of benzene rings is 2. The van der Waals surface area contributed by atoms with Crippen LogP contribution in [-0.2, 0) is 4.79 Å². The second kappa shape index (κ2) is 8.62. The smallest absolute Gasteiger partial charge is 0.321 e. The topological polar surface area (TPSA) is 76.7 Å². The molecule has 136 valence electrons. The van der Waals surface area contributed by atoms with E-state index >= 15 is 0 Å². The monoisotopic (exact) mass is 372 g/mol. The third kappa shape index (κ3) is 4.49. The number of carbonyl (C=O) groups excluding carboxylic acids is 2. The van der Waals surface area contributed by atoms with E-state index in [-0.39, 0.29) is 5.91 Å². The highest BCUT2D eigenvalue weighted by Gasteiger charge is 2.24. The van der Waals surface area contributed by atoms with Crippen LogP contribution in [0.15, 0.2) is 53.4 Å². The number of thioether (sulfide) groups is 1. The van der Waals surface area contributed by atoms with Crippen molar-refractivity contribution in [1.29, 1.82) is 0 Å². The molecule has 2 N–H and O–H groups in total. The van der Waals surface area contributed by atoms with Crippen LogP contribution in [-0.4, -0.2) is 32.2 Å². The third-order valence-electron chi connectivity index (χ3n) is 3.78. The maximum absolute atomic E-state index is 12.6. The van der Waals surface area contributed by atoms with E-state index in [0.717, 1.165) is 16.9 Å². The van der Waals surface area contributed by atoms with Crippen LogP contribution >= 0.6 is 11.8 Å². The van der Waals surface area contributed by atoms with Gasteiger partial charge < -0.3 is 14.8 Å². The molecule has 0 aromatic heterocycles. The number of ether oxygens (including phenoxy) is 2. The van der Waals surface area contributed by atoms with Gasteiger partial charge in [0.05, 0.1) is 13.2 Å². The van der Waals surface area contributed by atoms with E-state index in [0.29, 0.717) is 24.7 Å². The van der Waals surface area contributed by atoms with Crippen molar-refractivity contribution in [3.05, 3.63) is 54.1 Å².